The van der Waals surface area contributed by atoms with Crippen molar-refractivity contribution in [2.75, 3.05) is 18.8 Å². The highest BCUT2D eigenvalue weighted by Gasteiger charge is 2.17. The van der Waals surface area contributed by atoms with Crippen LogP contribution in [0.3, 0.4) is 0 Å². The summed E-state index contributed by atoms with van der Waals surface area (Å²) in [7, 11) is 0. The largest absolute Gasteiger partial charge is 0.397 e. The summed E-state index contributed by atoms with van der Waals surface area (Å²) in [5, 5.41) is 13.6. The minimum Gasteiger partial charge on any atom is -0.397 e. The highest BCUT2D eigenvalue weighted by Crippen LogP contribution is 2.31. The molecule has 0 saturated carbocycles. The van der Waals surface area contributed by atoms with Crippen LogP contribution in [0.5, 0.6) is 0 Å². The molecule has 0 aliphatic carbocycles. The van der Waals surface area contributed by atoms with Crippen molar-refractivity contribution in [2.24, 2.45) is 5.92 Å². The van der Waals surface area contributed by atoms with E-state index in [-0.39, 0.29) is 18.4 Å². The standard InChI is InChI=1S/C13H17N5O2S/c1-7(2)5-15-9(19)6-16-12(20)11-10(14)8-3-4-17-18-13(8)21-11/h3-4,7H,5-6,14H2,1-2H3,(H,15,19)(H,16,20). The van der Waals surface area contributed by atoms with Gasteiger partial charge < -0.3 is 16.4 Å². The van der Waals surface area contributed by atoms with E-state index in [1.54, 1.807) is 6.07 Å². The first kappa shape index (κ1) is 15.2. The van der Waals surface area contributed by atoms with Gasteiger partial charge in [-0.2, -0.15) is 5.10 Å². The van der Waals surface area contributed by atoms with E-state index in [2.05, 4.69) is 20.8 Å². The van der Waals surface area contributed by atoms with Gasteiger partial charge in [0.05, 0.1) is 18.4 Å². The van der Waals surface area contributed by atoms with Crippen molar-refractivity contribution in [3.05, 3.63) is 17.1 Å². The van der Waals surface area contributed by atoms with Gasteiger partial charge in [0.15, 0.2) is 0 Å². The Morgan fingerprint density at radius 2 is 2.14 bits per heavy atom. The van der Waals surface area contributed by atoms with Crippen LogP contribution >= 0.6 is 11.3 Å². The minimum absolute atomic E-state index is 0.0785. The van der Waals surface area contributed by atoms with Gasteiger partial charge >= 0.3 is 0 Å². The van der Waals surface area contributed by atoms with Gasteiger partial charge in [0.25, 0.3) is 5.91 Å². The number of hydrogen-bond acceptors (Lipinski definition) is 6. The van der Waals surface area contributed by atoms with Crippen LogP contribution in [0.1, 0.15) is 23.5 Å². The number of nitrogens with two attached hydrogens (primary N) is 1. The Bertz CT molecular complexity index is 668. The van der Waals surface area contributed by atoms with Gasteiger partial charge in [-0.15, -0.1) is 16.4 Å². The zero-order valence-electron chi connectivity index (χ0n) is 11.8. The molecule has 2 aromatic rings. The van der Waals surface area contributed by atoms with E-state index in [0.29, 0.717) is 33.2 Å². The molecule has 2 aromatic heterocycles. The molecule has 0 spiro atoms. The molecule has 7 nitrogen and oxygen atoms in total. The normalized spacial score (nSPS) is 10.8. The maximum absolute atomic E-state index is 12.1. The maximum atomic E-state index is 12.1. The number of hydrogen-bond donors (Lipinski definition) is 3. The Kier molecular flexibility index (Phi) is 4.69. The quantitative estimate of drug-likeness (QED) is 0.756. The Morgan fingerprint density at radius 1 is 1.38 bits per heavy atom. The number of nitrogens with zero attached hydrogens (tertiary/aromatic N) is 2. The van der Waals surface area contributed by atoms with Gasteiger partial charge in [0, 0.05) is 11.9 Å². The van der Waals surface area contributed by atoms with Crippen LogP contribution in [0.25, 0.3) is 10.2 Å². The van der Waals surface area contributed by atoms with E-state index >= 15 is 0 Å². The molecule has 2 heterocycles. The van der Waals surface area contributed by atoms with Gasteiger partial charge in [-0.3, -0.25) is 9.59 Å². The van der Waals surface area contributed by atoms with Gasteiger partial charge in [0.2, 0.25) is 5.91 Å². The molecule has 0 aliphatic heterocycles. The van der Waals surface area contributed by atoms with E-state index in [0.717, 1.165) is 11.3 Å². The van der Waals surface area contributed by atoms with E-state index in [9.17, 15) is 9.59 Å². The number of rotatable bonds is 5. The number of aromatic nitrogens is 2. The van der Waals surface area contributed by atoms with E-state index < -0.39 is 0 Å². The summed E-state index contributed by atoms with van der Waals surface area (Å²) in [4.78, 5) is 24.6. The van der Waals surface area contributed by atoms with Crippen LogP contribution in [-0.2, 0) is 4.79 Å². The summed E-state index contributed by atoms with van der Waals surface area (Å²) >= 11 is 1.16. The number of fused-ring (bicyclic) bond motifs is 1. The molecule has 0 unspecified atom stereocenters. The summed E-state index contributed by atoms with van der Waals surface area (Å²) in [6, 6.07) is 1.71. The summed E-state index contributed by atoms with van der Waals surface area (Å²) < 4.78 is 0. The van der Waals surface area contributed by atoms with Crippen LogP contribution in [0.4, 0.5) is 5.69 Å². The number of thiophene rings is 1. The van der Waals surface area contributed by atoms with Gasteiger partial charge in [0.1, 0.15) is 9.71 Å². The van der Waals surface area contributed by atoms with Gasteiger partial charge in [-0.25, -0.2) is 0 Å². The number of nitrogens with one attached hydrogen (secondary N) is 2. The first-order valence-electron chi connectivity index (χ1n) is 6.53. The third-order valence-corrected chi connectivity index (χ3v) is 3.85. The van der Waals surface area contributed by atoms with Crippen LogP contribution in [-0.4, -0.2) is 35.1 Å². The van der Waals surface area contributed by atoms with Crippen molar-refractivity contribution in [3.8, 4) is 0 Å². The maximum Gasteiger partial charge on any atom is 0.264 e. The molecule has 4 N–H and O–H groups in total. The first-order valence-corrected chi connectivity index (χ1v) is 7.35. The van der Waals surface area contributed by atoms with Crippen molar-refractivity contribution in [3.63, 3.8) is 0 Å². The minimum atomic E-state index is -0.379. The van der Waals surface area contributed by atoms with Crippen LogP contribution in [0, 0.1) is 5.92 Å². The fraction of sp³-hybridized carbons (Fsp3) is 0.385. The Morgan fingerprint density at radius 3 is 2.81 bits per heavy atom. The Balaban J connectivity index is 1.99. The highest BCUT2D eigenvalue weighted by molar-refractivity contribution is 7.21. The monoisotopic (exact) mass is 307 g/mol. The lowest BCUT2D eigenvalue weighted by atomic mass is 10.2. The average Bonchev–Trinajstić information content (AvgIpc) is 2.80. The molecule has 2 rings (SSSR count). The van der Waals surface area contributed by atoms with Crippen molar-refractivity contribution < 1.29 is 9.59 Å². The van der Waals surface area contributed by atoms with E-state index in [1.807, 2.05) is 13.8 Å². The van der Waals surface area contributed by atoms with Crippen molar-refractivity contribution in [1.82, 2.24) is 20.8 Å². The predicted octanol–water partition coefficient (Wildman–Crippen LogP) is 0.775. The lowest BCUT2D eigenvalue weighted by Gasteiger charge is -2.08. The third-order valence-electron chi connectivity index (χ3n) is 2.74. The first-order chi connectivity index (χ1) is 9.99. The molecule has 0 bridgehead atoms. The summed E-state index contributed by atoms with van der Waals surface area (Å²) in [5.74, 6) is -0.242. The number of nitrogen functional groups attached to an aromatic ring is 1. The molecular formula is C13H17N5O2S. The molecule has 0 radical (unpaired) electrons. The summed E-state index contributed by atoms with van der Waals surface area (Å²) in [5.41, 5.74) is 6.29. The van der Waals surface area contributed by atoms with Crippen LogP contribution in [0.15, 0.2) is 12.3 Å². The second-order valence-electron chi connectivity index (χ2n) is 4.98. The van der Waals surface area contributed by atoms with E-state index in [4.69, 9.17) is 5.73 Å². The molecule has 0 atom stereocenters. The topological polar surface area (TPSA) is 110 Å². The molecule has 2 amide bonds. The molecule has 21 heavy (non-hydrogen) atoms. The second kappa shape index (κ2) is 6.49. The summed E-state index contributed by atoms with van der Waals surface area (Å²) in [6.07, 6.45) is 1.52. The SMILES string of the molecule is CC(C)CNC(=O)CNC(=O)c1sc2nnccc2c1N. The van der Waals surface area contributed by atoms with Crippen molar-refractivity contribution in [2.45, 2.75) is 13.8 Å². The van der Waals surface area contributed by atoms with E-state index in [1.165, 1.54) is 6.20 Å². The number of anilines is 1. The molecule has 0 aromatic carbocycles. The number of carbonyl (C=O) groups is 2. The number of amides is 2. The summed E-state index contributed by atoms with van der Waals surface area (Å²) in [6.45, 7) is 4.50. The average molecular weight is 307 g/mol. The molecule has 112 valence electrons. The number of carbonyl (C=O) groups excluding carboxylic acids is 2. The van der Waals surface area contributed by atoms with Crippen molar-refractivity contribution >= 4 is 39.1 Å². The third kappa shape index (κ3) is 3.66. The molecule has 0 aliphatic rings. The van der Waals surface area contributed by atoms with Gasteiger partial charge in [-0.1, -0.05) is 13.8 Å². The Labute approximate surface area is 125 Å². The fourth-order valence-corrected chi connectivity index (χ4v) is 2.62. The van der Waals surface area contributed by atoms with Crippen LogP contribution in [0.2, 0.25) is 0 Å². The van der Waals surface area contributed by atoms with Gasteiger partial charge in [-0.05, 0) is 12.0 Å². The second-order valence-corrected chi connectivity index (χ2v) is 5.97. The highest BCUT2D eigenvalue weighted by atomic mass is 32.1. The molecular weight excluding hydrogens is 290 g/mol. The smallest absolute Gasteiger partial charge is 0.264 e. The lowest BCUT2D eigenvalue weighted by molar-refractivity contribution is -0.120. The molecule has 0 saturated heterocycles. The zero-order chi connectivity index (χ0) is 15.4. The van der Waals surface area contributed by atoms with Crippen molar-refractivity contribution in [1.29, 1.82) is 0 Å². The zero-order valence-corrected chi connectivity index (χ0v) is 12.7. The Hall–Kier alpha value is -2.22. The van der Waals surface area contributed by atoms with Crippen LogP contribution < -0.4 is 16.4 Å². The lowest BCUT2D eigenvalue weighted by Crippen LogP contribution is -2.38. The molecule has 8 heteroatoms. The fourth-order valence-electron chi connectivity index (χ4n) is 1.66. The predicted molar refractivity (Wildman–Crippen MR) is 82.0 cm³/mol. The molecule has 0 fully saturated rings.